The first-order valence-electron chi connectivity index (χ1n) is 4.56. The molecular weight excluding hydrogens is 204 g/mol. The maximum atomic E-state index is 8.86. The second kappa shape index (κ2) is 4.21. The van der Waals surface area contributed by atoms with Crippen LogP contribution in [0.3, 0.4) is 0 Å². The summed E-state index contributed by atoms with van der Waals surface area (Å²) in [4.78, 5) is 0. The molecule has 3 heteroatoms. The van der Waals surface area contributed by atoms with Gasteiger partial charge in [-0.1, -0.05) is 24.3 Å². The van der Waals surface area contributed by atoms with Gasteiger partial charge in [-0.05, 0) is 16.7 Å². The lowest BCUT2D eigenvalue weighted by Crippen LogP contribution is -2.03. The molecule has 2 nitrogen and oxygen atoms in total. The fraction of sp³-hybridized carbons (Fsp3) is 0.167. The molecule has 1 aliphatic heterocycles. The minimum Gasteiger partial charge on any atom is -0.192 e. The van der Waals surface area contributed by atoms with Crippen LogP contribution in [0, 0.1) is 22.7 Å². The fourth-order valence-electron chi connectivity index (χ4n) is 1.65. The minimum absolute atomic E-state index is 0.245. The Morgan fingerprint density at radius 1 is 1.13 bits per heavy atom. The number of nitriles is 2. The van der Waals surface area contributed by atoms with Gasteiger partial charge >= 0.3 is 0 Å². The highest BCUT2D eigenvalue weighted by molar-refractivity contribution is 7.99. The van der Waals surface area contributed by atoms with E-state index in [-0.39, 0.29) is 5.57 Å². The van der Waals surface area contributed by atoms with Crippen LogP contribution in [0.2, 0.25) is 0 Å². The average molecular weight is 212 g/mol. The summed E-state index contributed by atoms with van der Waals surface area (Å²) < 4.78 is 0. The smallest absolute Gasteiger partial charge is 0.134 e. The molecule has 0 fully saturated rings. The largest absolute Gasteiger partial charge is 0.192 e. The third-order valence-corrected chi connectivity index (χ3v) is 3.38. The molecule has 2 rings (SSSR count). The number of nitrogens with zero attached hydrogens (tertiary/aromatic N) is 2. The number of hydrogen-bond donors (Lipinski definition) is 0. The zero-order chi connectivity index (χ0) is 10.7. The number of thioether (sulfide) groups is 1. The molecule has 0 aromatic heterocycles. The molecule has 0 saturated heterocycles. The van der Waals surface area contributed by atoms with Gasteiger partial charge in [0.25, 0.3) is 0 Å². The second-order valence-electron chi connectivity index (χ2n) is 3.23. The van der Waals surface area contributed by atoms with Crippen molar-refractivity contribution in [1.82, 2.24) is 0 Å². The Morgan fingerprint density at radius 2 is 1.87 bits per heavy atom. The van der Waals surface area contributed by atoms with Gasteiger partial charge < -0.3 is 0 Å². The highest BCUT2D eigenvalue weighted by Gasteiger charge is 2.17. The van der Waals surface area contributed by atoms with Gasteiger partial charge in [0.1, 0.15) is 17.7 Å². The van der Waals surface area contributed by atoms with Crippen LogP contribution in [-0.4, -0.2) is 5.75 Å². The second-order valence-corrected chi connectivity index (χ2v) is 4.21. The van der Waals surface area contributed by atoms with E-state index in [4.69, 9.17) is 10.5 Å². The summed E-state index contributed by atoms with van der Waals surface area (Å²) in [5, 5.41) is 17.7. The van der Waals surface area contributed by atoms with Gasteiger partial charge in [0.15, 0.2) is 0 Å². The predicted molar refractivity (Wildman–Crippen MR) is 60.8 cm³/mol. The van der Waals surface area contributed by atoms with Crippen LogP contribution in [0.1, 0.15) is 11.1 Å². The normalized spacial score (nSPS) is 13.6. The first-order chi connectivity index (χ1) is 7.36. The van der Waals surface area contributed by atoms with Crippen molar-refractivity contribution in [3.63, 3.8) is 0 Å². The Morgan fingerprint density at radius 3 is 2.60 bits per heavy atom. The number of allylic oxidation sites excluding steroid dienone is 1. The van der Waals surface area contributed by atoms with Gasteiger partial charge in [-0.15, -0.1) is 0 Å². The van der Waals surface area contributed by atoms with Crippen LogP contribution in [0.5, 0.6) is 0 Å². The van der Waals surface area contributed by atoms with E-state index in [2.05, 4.69) is 0 Å². The maximum absolute atomic E-state index is 8.86. The lowest BCUT2D eigenvalue weighted by atomic mass is 9.98. The van der Waals surface area contributed by atoms with Crippen molar-refractivity contribution in [3.8, 4) is 12.1 Å². The molecule has 0 bridgehead atoms. The fourth-order valence-corrected chi connectivity index (χ4v) is 2.73. The highest BCUT2D eigenvalue weighted by atomic mass is 32.2. The predicted octanol–water partition coefficient (Wildman–Crippen LogP) is 2.73. The van der Waals surface area contributed by atoms with Crippen molar-refractivity contribution in [2.24, 2.45) is 0 Å². The standard InChI is InChI=1S/C12H8N2S/c13-5-10(6-14)12-8-15-7-9-3-1-2-4-11(9)12/h1-4H,7-8H2. The monoisotopic (exact) mass is 212 g/mol. The Balaban J connectivity index is 2.62. The van der Waals surface area contributed by atoms with Crippen LogP contribution in [0.25, 0.3) is 5.57 Å². The van der Waals surface area contributed by atoms with Crippen molar-refractivity contribution in [1.29, 1.82) is 10.5 Å². The molecule has 1 aliphatic rings. The number of hydrogen-bond acceptors (Lipinski definition) is 3. The Labute approximate surface area is 92.8 Å². The first kappa shape index (κ1) is 9.83. The summed E-state index contributed by atoms with van der Waals surface area (Å²) in [6.07, 6.45) is 0. The van der Waals surface area contributed by atoms with E-state index in [9.17, 15) is 0 Å². The van der Waals surface area contributed by atoms with Crippen molar-refractivity contribution in [2.45, 2.75) is 5.75 Å². The molecule has 1 heterocycles. The van der Waals surface area contributed by atoms with Gasteiger partial charge in [-0.2, -0.15) is 22.3 Å². The van der Waals surface area contributed by atoms with E-state index in [1.165, 1.54) is 5.56 Å². The average Bonchev–Trinajstić information content (AvgIpc) is 2.31. The van der Waals surface area contributed by atoms with E-state index in [0.717, 1.165) is 22.6 Å². The molecule has 0 atom stereocenters. The van der Waals surface area contributed by atoms with Gasteiger partial charge in [-0.25, -0.2) is 0 Å². The Hall–Kier alpha value is -1.71. The van der Waals surface area contributed by atoms with Gasteiger partial charge in [0.05, 0.1) is 0 Å². The topological polar surface area (TPSA) is 47.6 Å². The third kappa shape index (κ3) is 1.75. The molecule has 0 N–H and O–H groups in total. The summed E-state index contributed by atoms with van der Waals surface area (Å²) in [6, 6.07) is 11.9. The molecule has 0 radical (unpaired) electrons. The number of rotatable bonds is 0. The van der Waals surface area contributed by atoms with E-state index in [1.54, 1.807) is 11.8 Å². The lowest BCUT2D eigenvalue weighted by Gasteiger charge is -2.18. The van der Waals surface area contributed by atoms with Gasteiger partial charge in [-0.3, -0.25) is 0 Å². The van der Waals surface area contributed by atoms with Crippen molar-refractivity contribution >= 4 is 17.3 Å². The van der Waals surface area contributed by atoms with Crippen molar-refractivity contribution < 1.29 is 0 Å². The first-order valence-corrected chi connectivity index (χ1v) is 5.71. The molecule has 0 saturated carbocycles. The zero-order valence-electron chi connectivity index (χ0n) is 8.03. The molecule has 0 aliphatic carbocycles. The molecule has 0 spiro atoms. The quantitative estimate of drug-likeness (QED) is 0.621. The van der Waals surface area contributed by atoms with Crippen LogP contribution < -0.4 is 0 Å². The lowest BCUT2D eigenvalue weighted by molar-refractivity contribution is 1.33. The van der Waals surface area contributed by atoms with E-state index in [1.807, 2.05) is 36.4 Å². The molecule has 0 unspecified atom stereocenters. The summed E-state index contributed by atoms with van der Waals surface area (Å²) in [7, 11) is 0. The summed E-state index contributed by atoms with van der Waals surface area (Å²) in [6.45, 7) is 0. The van der Waals surface area contributed by atoms with Crippen molar-refractivity contribution in [3.05, 3.63) is 41.0 Å². The SMILES string of the molecule is N#CC(C#N)=C1CSCc2ccccc21. The molecule has 0 amide bonds. The minimum atomic E-state index is 0.245. The number of fused-ring (bicyclic) bond motifs is 1. The Kier molecular flexibility index (Phi) is 2.76. The molecule has 15 heavy (non-hydrogen) atoms. The van der Waals surface area contributed by atoms with Crippen LogP contribution in [0.4, 0.5) is 0 Å². The van der Waals surface area contributed by atoms with Gasteiger partial charge in [0, 0.05) is 11.5 Å². The summed E-state index contributed by atoms with van der Waals surface area (Å²) in [5.74, 6) is 1.72. The molecule has 1 aromatic rings. The van der Waals surface area contributed by atoms with E-state index in [0.29, 0.717) is 0 Å². The summed E-state index contributed by atoms with van der Waals surface area (Å²) in [5.41, 5.74) is 3.41. The maximum Gasteiger partial charge on any atom is 0.134 e. The Bertz CT molecular complexity index is 487. The van der Waals surface area contributed by atoms with Gasteiger partial charge in [0.2, 0.25) is 0 Å². The molecular formula is C12H8N2S. The van der Waals surface area contributed by atoms with Crippen LogP contribution in [0.15, 0.2) is 29.8 Å². The molecule has 72 valence electrons. The van der Waals surface area contributed by atoms with Crippen molar-refractivity contribution in [2.75, 3.05) is 5.75 Å². The van der Waals surface area contributed by atoms with E-state index < -0.39 is 0 Å². The van der Waals surface area contributed by atoms with E-state index >= 15 is 0 Å². The highest BCUT2D eigenvalue weighted by Crippen LogP contribution is 2.33. The van der Waals surface area contributed by atoms with Crippen LogP contribution in [-0.2, 0) is 5.75 Å². The zero-order valence-corrected chi connectivity index (χ0v) is 8.84. The third-order valence-electron chi connectivity index (χ3n) is 2.37. The van der Waals surface area contributed by atoms with Crippen LogP contribution >= 0.6 is 11.8 Å². The molecule has 1 aromatic carbocycles. The number of benzene rings is 1. The summed E-state index contributed by atoms with van der Waals surface area (Å²) >= 11 is 1.74.